The van der Waals surface area contributed by atoms with E-state index >= 15 is 0 Å². The van der Waals surface area contributed by atoms with Crippen molar-refractivity contribution >= 4 is 32.8 Å². The normalized spacial score (nSPS) is 12.9. The van der Waals surface area contributed by atoms with Gasteiger partial charge in [0.25, 0.3) is 0 Å². The van der Waals surface area contributed by atoms with Gasteiger partial charge in [-0.2, -0.15) is 13.2 Å². The molecule has 0 amide bonds. The summed E-state index contributed by atoms with van der Waals surface area (Å²) in [6, 6.07) is 4.74. The van der Waals surface area contributed by atoms with Gasteiger partial charge in [-0.15, -0.1) is 10.2 Å². The van der Waals surface area contributed by atoms with Crippen LogP contribution >= 0.6 is 11.8 Å². The minimum atomic E-state index is -4.58. The van der Waals surface area contributed by atoms with Crippen molar-refractivity contribution in [1.29, 1.82) is 0 Å². The van der Waals surface area contributed by atoms with Crippen LogP contribution in [0, 0.1) is 0 Å². The van der Waals surface area contributed by atoms with Gasteiger partial charge in [0.1, 0.15) is 5.82 Å². The lowest BCUT2D eigenvalue weighted by atomic mass is 10.3. The third kappa shape index (κ3) is 4.18. The molecule has 0 fully saturated rings. The Morgan fingerprint density at radius 2 is 1.90 bits per heavy atom. The minimum absolute atomic E-state index is 0.119. The zero-order valence-corrected chi connectivity index (χ0v) is 18.4. The maximum atomic E-state index is 12.9. The minimum Gasteiger partial charge on any atom is -0.327 e. The summed E-state index contributed by atoms with van der Waals surface area (Å²) in [5.74, 6) is -0.188. The smallest absolute Gasteiger partial charge is 0.327 e. The molecule has 0 N–H and O–H groups in total. The fourth-order valence-electron chi connectivity index (χ4n) is 2.93. The second-order valence-corrected chi connectivity index (χ2v) is 9.86. The first-order chi connectivity index (χ1) is 14.0. The number of nitrogens with zero attached hydrogens (tertiary/aromatic N) is 6. The number of aryl methyl sites for hydroxylation is 1. The maximum absolute atomic E-state index is 12.9. The van der Waals surface area contributed by atoms with E-state index in [-0.39, 0.29) is 15.8 Å². The number of hydrogen-bond acceptors (Lipinski definition) is 6. The van der Waals surface area contributed by atoms with Crippen LogP contribution in [0.3, 0.4) is 0 Å². The lowest BCUT2D eigenvalue weighted by Crippen LogP contribution is -2.22. The number of thioether (sulfide) groups is 1. The summed E-state index contributed by atoms with van der Waals surface area (Å²) < 4.78 is 67.5. The van der Waals surface area contributed by atoms with Crippen LogP contribution in [0.15, 0.2) is 28.3 Å². The molecule has 0 bridgehead atoms. The van der Waals surface area contributed by atoms with E-state index in [2.05, 4.69) is 15.2 Å². The Balaban J connectivity index is 1.95. The highest BCUT2D eigenvalue weighted by Crippen LogP contribution is 2.31. The Kier molecular flexibility index (Phi) is 6.16. The highest BCUT2D eigenvalue weighted by atomic mass is 32.2. The van der Waals surface area contributed by atoms with Crippen molar-refractivity contribution in [3.63, 3.8) is 0 Å². The zero-order valence-electron chi connectivity index (χ0n) is 16.8. The van der Waals surface area contributed by atoms with Gasteiger partial charge in [0.15, 0.2) is 5.16 Å². The molecule has 2 aromatic heterocycles. The number of benzene rings is 1. The van der Waals surface area contributed by atoms with Gasteiger partial charge in [-0.25, -0.2) is 17.7 Å². The van der Waals surface area contributed by atoms with Crippen molar-refractivity contribution in [2.45, 2.75) is 41.9 Å². The molecule has 0 saturated heterocycles. The third-order valence-corrected chi connectivity index (χ3v) is 7.27. The molecule has 0 aliphatic carbocycles. The lowest BCUT2D eigenvalue weighted by molar-refractivity contribution is -0.147. The van der Waals surface area contributed by atoms with Crippen LogP contribution in [0.2, 0.25) is 0 Å². The van der Waals surface area contributed by atoms with Crippen LogP contribution in [0.5, 0.6) is 0 Å². The zero-order chi connectivity index (χ0) is 22.3. The average Bonchev–Trinajstić information content (AvgIpc) is 3.20. The molecule has 0 aliphatic heterocycles. The van der Waals surface area contributed by atoms with Crippen LogP contribution in [-0.4, -0.2) is 51.1 Å². The van der Waals surface area contributed by atoms with Gasteiger partial charge in [0.2, 0.25) is 15.8 Å². The van der Waals surface area contributed by atoms with E-state index in [1.807, 2.05) is 11.5 Å². The van der Waals surface area contributed by atoms with Crippen molar-refractivity contribution in [1.82, 2.24) is 28.6 Å². The van der Waals surface area contributed by atoms with Crippen molar-refractivity contribution in [2.24, 2.45) is 7.05 Å². The summed E-state index contributed by atoms with van der Waals surface area (Å²) >= 11 is 1.09. The highest BCUT2D eigenvalue weighted by Gasteiger charge is 2.37. The molecule has 164 valence electrons. The van der Waals surface area contributed by atoms with E-state index < -0.39 is 22.0 Å². The van der Waals surface area contributed by atoms with Gasteiger partial charge >= 0.3 is 6.18 Å². The second-order valence-electron chi connectivity index (χ2n) is 6.77. The predicted octanol–water partition coefficient (Wildman–Crippen LogP) is 3.14. The molecule has 0 unspecified atom stereocenters. The van der Waals surface area contributed by atoms with E-state index in [4.69, 9.17) is 0 Å². The van der Waals surface area contributed by atoms with E-state index in [0.717, 1.165) is 32.6 Å². The van der Waals surface area contributed by atoms with Crippen molar-refractivity contribution in [2.75, 3.05) is 14.1 Å². The summed E-state index contributed by atoms with van der Waals surface area (Å²) in [5.41, 5.74) is 1.27. The van der Waals surface area contributed by atoms with Gasteiger partial charge in [0, 0.05) is 27.7 Å². The molecule has 0 radical (unpaired) electrons. The summed E-state index contributed by atoms with van der Waals surface area (Å²) in [6.07, 6.45) is -3.77. The van der Waals surface area contributed by atoms with Crippen LogP contribution in [-0.2, 0) is 35.5 Å². The van der Waals surface area contributed by atoms with Crippen LogP contribution < -0.4 is 0 Å². The Bertz CT molecular complexity index is 1170. The fraction of sp³-hybridized carbons (Fsp3) is 0.471. The number of hydrogen-bond donors (Lipinski definition) is 0. The Labute approximate surface area is 176 Å². The number of imidazole rings is 1. The van der Waals surface area contributed by atoms with Gasteiger partial charge in [-0.3, -0.25) is 0 Å². The molecule has 3 rings (SSSR count). The van der Waals surface area contributed by atoms with Crippen molar-refractivity contribution in [3.8, 4) is 0 Å². The molecule has 30 heavy (non-hydrogen) atoms. The molecule has 0 spiro atoms. The van der Waals surface area contributed by atoms with Crippen molar-refractivity contribution in [3.05, 3.63) is 29.8 Å². The van der Waals surface area contributed by atoms with E-state index in [9.17, 15) is 21.6 Å². The molecule has 8 nitrogen and oxygen atoms in total. The Hall–Kier alpha value is -2.12. The quantitative estimate of drug-likeness (QED) is 0.502. The predicted molar refractivity (Wildman–Crippen MR) is 106 cm³/mol. The largest absolute Gasteiger partial charge is 0.451 e. The average molecular weight is 463 g/mol. The van der Waals surface area contributed by atoms with Crippen LogP contribution in [0.1, 0.15) is 25.0 Å². The third-order valence-electron chi connectivity index (χ3n) is 4.44. The Morgan fingerprint density at radius 1 is 1.20 bits per heavy atom. The van der Waals surface area contributed by atoms with E-state index in [1.165, 1.54) is 33.3 Å². The second kappa shape index (κ2) is 8.19. The van der Waals surface area contributed by atoms with Gasteiger partial charge in [-0.05, 0) is 24.6 Å². The molecular weight excluding hydrogens is 441 g/mol. The number of rotatable bonds is 7. The molecule has 13 heteroatoms. The van der Waals surface area contributed by atoms with Crippen molar-refractivity contribution < 1.29 is 21.6 Å². The highest BCUT2D eigenvalue weighted by molar-refractivity contribution is 7.98. The molecule has 0 atom stereocenters. The number of sulfonamides is 1. The summed E-state index contributed by atoms with van der Waals surface area (Å²) in [6.45, 7) is 2.63. The lowest BCUT2D eigenvalue weighted by Gasteiger charge is -2.11. The number of alkyl halides is 3. The summed E-state index contributed by atoms with van der Waals surface area (Å²) in [4.78, 5) is 4.67. The Morgan fingerprint density at radius 3 is 2.47 bits per heavy atom. The number of fused-ring (bicyclic) bond motifs is 1. The first kappa shape index (κ1) is 22.6. The number of halogens is 3. The number of aromatic nitrogens is 5. The molecule has 0 saturated carbocycles. The van der Waals surface area contributed by atoms with E-state index in [0.29, 0.717) is 17.9 Å². The van der Waals surface area contributed by atoms with Gasteiger partial charge < -0.3 is 9.13 Å². The SMILES string of the molecule is CCCn1c(CSc2nnc(C(F)(F)F)n2C)nc2cc(S(=O)(=O)N(C)C)ccc21. The van der Waals surface area contributed by atoms with Crippen LogP contribution in [0.25, 0.3) is 11.0 Å². The fourth-order valence-corrected chi connectivity index (χ4v) is 4.71. The summed E-state index contributed by atoms with van der Waals surface area (Å²) in [5, 5.41) is 6.97. The van der Waals surface area contributed by atoms with Gasteiger partial charge in [-0.1, -0.05) is 18.7 Å². The molecule has 1 aromatic carbocycles. The van der Waals surface area contributed by atoms with Gasteiger partial charge in [0.05, 0.1) is 21.7 Å². The monoisotopic (exact) mass is 462 g/mol. The molecule has 3 aromatic rings. The molecule has 2 heterocycles. The topological polar surface area (TPSA) is 85.9 Å². The summed E-state index contributed by atoms with van der Waals surface area (Å²) in [7, 11) is 0.560. The standard InChI is InChI=1S/C17H21F3N6O2S2/c1-5-8-26-13-7-6-11(30(27,28)24(2)3)9-12(13)21-14(26)10-29-16-23-22-15(25(16)4)17(18,19)20/h6-7,9H,5,8,10H2,1-4H3. The first-order valence-corrected chi connectivity index (χ1v) is 11.4. The molecule has 0 aliphatic rings. The van der Waals surface area contributed by atoms with Crippen LogP contribution in [0.4, 0.5) is 13.2 Å². The first-order valence-electron chi connectivity index (χ1n) is 8.98. The maximum Gasteiger partial charge on any atom is 0.451 e. The molecular formula is C17H21F3N6O2S2. The van der Waals surface area contributed by atoms with E-state index in [1.54, 1.807) is 6.07 Å².